The number of carbonyl (C=O) groups is 1. The fraction of sp³-hybridized carbons (Fsp3) is 0.421. The Bertz CT molecular complexity index is 618. The molecule has 1 saturated heterocycles. The predicted molar refractivity (Wildman–Crippen MR) is 87.7 cm³/mol. The molecule has 3 nitrogen and oxygen atoms in total. The maximum absolute atomic E-state index is 12.8. The number of carbonyl (C=O) groups excluding carboxylic acids is 1. The number of hydrogen-bond acceptors (Lipinski definition) is 2. The molecule has 0 spiro atoms. The third-order valence-corrected chi connectivity index (χ3v) is 4.44. The number of rotatable bonds is 5. The first-order chi connectivity index (χ1) is 10.8. The van der Waals surface area contributed by atoms with Crippen LogP contribution >= 0.6 is 0 Å². The molecule has 1 amide bonds. The number of benzene rings is 1. The molecule has 116 valence electrons. The Kier molecular flexibility index (Phi) is 4.62. The fourth-order valence-corrected chi connectivity index (χ4v) is 3.26. The highest BCUT2D eigenvalue weighted by atomic mass is 16.3. The summed E-state index contributed by atoms with van der Waals surface area (Å²) in [6, 6.07) is 12.0. The third kappa shape index (κ3) is 3.08. The molecule has 1 fully saturated rings. The van der Waals surface area contributed by atoms with Crippen LogP contribution in [0.1, 0.15) is 49.4 Å². The van der Waals surface area contributed by atoms with Gasteiger partial charge in [0, 0.05) is 23.7 Å². The molecule has 1 aromatic carbocycles. The van der Waals surface area contributed by atoms with Gasteiger partial charge in [-0.05, 0) is 43.5 Å². The monoisotopic (exact) mass is 297 g/mol. The SMILES string of the molecule is CCCC[C@H]1CCCN1C(=O)c1cccc(-c2ccco2)c1. The van der Waals surface area contributed by atoms with Gasteiger partial charge in [-0.25, -0.2) is 0 Å². The molecule has 0 radical (unpaired) electrons. The number of unbranched alkanes of at least 4 members (excludes halogenated alkanes) is 1. The van der Waals surface area contributed by atoms with E-state index < -0.39 is 0 Å². The van der Waals surface area contributed by atoms with E-state index in [0.29, 0.717) is 6.04 Å². The quantitative estimate of drug-likeness (QED) is 0.798. The van der Waals surface area contributed by atoms with Crippen molar-refractivity contribution in [2.24, 2.45) is 0 Å². The highest BCUT2D eigenvalue weighted by Gasteiger charge is 2.28. The molecule has 0 N–H and O–H groups in total. The number of amides is 1. The molecule has 0 saturated carbocycles. The lowest BCUT2D eigenvalue weighted by Gasteiger charge is -2.25. The first-order valence-electron chi connectivity index (χ1n) is 8.24. The van der Waals surface area contributed by atoms with E-state index in [1.54, 1.807) is 6.26 Å². The summed E-state index contributed by atoms with van der Waals surface area (Å²) in [4.78, 5) is 14.9. The van der Waals surface area contributed by atoms with Crippen molar-refractivity contribution in [3.8, 4) is 11.3 Å². The van der Waals surface area contributed by atoms with E-state index in [2.05, 4.69) is 11.8 Å². The van der Waals surface area contributed by atoms with Crippen LogP contribution in [0.15, 0.2) is 47.1 Å². The lowest BCUT2D eigenvalue weighted by Crippen LogP contribution is -2.35. The summed E-state index contributed by atoms with van der Waals surface area (Å²) >= 11 is 0. The summed E-state index contributed by atoms with van der Waals surface area (Å²) < 4.78 is 5.43. The summed E-state index contributed by atoms with van der Waals surface area (Å²) in [6.45, 7) is 3.09. The summed E-state index contributed by atoms with van der Waals surface area (Å²) in [5, 5.41) is 0. The maximum atomic E-state index is 12.8. The molecule has 1 atom stereocenters. The molecular formula is C19H23NO2. The van der Waals surface area contributed by atoms with Crippen LogP contribution in [0.25, 0.3) is 11.3 Å². The average Bonchev–Trinajstić information content (AvgIpc) is 3.23. The van der Waals surface area contributed by atoms with Gasteiger partial charge in [-0.15, -0.1) is 0 Å². The minimum atomic E-state index is 0.159. The van der Waals surface area contributed by atoms with Crippen LogP contribution in [0.5, 0.6) is 0 Å². The van der Waals surface area contributed by atoms with E-state index in [9.17, 15) is 4.79 Å². The Hall–Kier alpha value is -2.03. The molecule has 3 rings (SSSR count). The van der Waals surface area contributed by atoms with Crippen LogP contribution in [0.2, 0.25) is 0 Å². The Morgan fingerprint density at radius 2 is 2.23 bits per heavy atom. The minimum Gasteiger partial charge on any atom is -0.464 e. The number of furan rings is 1. The van der Waals surface area contributed by atoms with E-state index in [0.717, 1.165) is 42.7 Å². The number of likely N-dealkylation sites (tertiary alicyclic amines) is 1. The molecule has 22 heavy (non-hydrogen) atoms. The summed E-state index contributed by atoms with van der Waals surface area (Å²) in [7, 11) is 0. The van der Waals surface area contributed by atoms with Crippen LogP contribution in [0.3, 0.4) is 0 Å². The van der Waals surface area contributed by atoms with E-state index >= 15 is 0 Å². The zero-order chi connectivity index (χ0) is 15.4. The van der Waals surface area contributed by atoms with E-state index in [1.165, 1.54) is 12.8 Å². The second-order valence-corrected chi connectivity index (χ2v) is 5.99. The molecule has 0 aliphatic carbocycles. The second kappa shape index (κ2) is 6.82. The fourth-order valence-electron chi connectivity index (χ4n) is 3.26. The Balaban J connectivity index is 1.78. The summed E-state index contributed by atoms with van der Waals surface area (Å²) in [5.74, 6) is 0.964. The van der Waals surface area contributed by atoms with Gasteiger partial charge in [0.15, 0.2) is 0 Å². The standard InChI is InChI=1S/C19H23NO2/c1-2-3-9-17-10-5-12-20(17)19(21)16-8-4-7-15(14-16)18-11-6-13-22-18/h4,6-8,11,13-14,17H,2-3,5,9-10,12H2,1H3/t17-/m0/s1. The molecular weight excluding hydrogens is 274 g/mol. The molecule has 3 heteroatoms. The van der Waals surface area contributed by atoms with Gasteiger partial charge in [-0.2, -0.15) is 0 Å². The molecule has 2 aromatic rings. The van der Waals surface area contributed by atoms with Crippen molar-refractivity contribution in [3.63, 3.8) is 0 Å². The zero-order valence-electron chi connectivity index (χ0n) is 13.1. The van der Waals surface area contributed by atoms with Crippen LogP contribution in [0, 0.1) is 0 Å². The molecule has 0 unspecified atom stereocenters. The van der Waals surface area contributed by atoms with Crippen LogP contribution < -0.4 is 0 Å². The Morgan fingerprint density at radius 3 is 3.00 bits per heavy atom. The van der Waals surface area contributed by atoms with E-state index in [1.807, 2.05) is 36.4 Å². The van der Waals surface area contributed by atoms with Crippen molar-refractivity contribution in [3.05, 3.63) is 48.2 Å². The van der Waals surface area contributed by atoms with Crippen molar-refractivity contribution < 1.29 is 9.21 Å². The van der Waals surface area contributed by atoms with Gasteiger partial charge < -0.3 is 9.32 Å². The smallest absolute Gasteiger partial charge is 0.254 e. The van der Waals surface area contributed by atoms with Crippen molar-refractivity contribution in [1.29, 1.82) is 0 Å². The van der Waals surface area contributed by atoms with Crippen molar-refractivity contribution in [2.75, 3.05) is 6.54 Å². The van der Waals surface area contributed by atoms with Crippen LogP contribution in [0.4, 0.5) is 0 Å². The highest BCUT2D eigenvalue weighted by molar-refractivity contribution is 5.95. The largest absolute Gasteiger partial charge is 0.464 e. The molecule has 1 aliphatic rings. The molecule has 1 aliphatic heterocycles. The van der Waals surface area contributed by atoms with Gasteiger partial charge in [0.05, 0.1) is 6.26 Å². The first kappa shape index (κ1) is 14.9. The summed E-state index contributed by atoms with van der Waals surface area (Å²) in [6.07, 6.45) is 7.43. The lowest BCUT2D eigenvalue weighted by molar-refractivity contribution is 0.0729. The minimum absolute atomic E-state index is 0.159. The lowest BCUT2D eigenvalue weighted by atomic mass is 10.1. The second-order valence-electron chi connectivity index (χ2n) is 5.99. The van der Waals surface area contributed by atoms with Crippen molar-refractivity contribution in [1.82, 2.24) is 4.90 Å². The highest BCUT2D eigenvalue weighted by Crippen LogP contribution is 2.26. The average molecular weight is 297 g/mol. The molecule has 0 bridgehead atoms. The van der Waals surface area contributed by atoms with Crippen LogP contribution in [-0.4, -0.2) is 23.4 Å². The Labute approximate surface area is 131 Å². The first-order valence-corrected chi connectivity index (χ1v) is 8.24. The normalized spacial score (nSPS) is 17.9. The third-order valence-electron chi connectivity index (χ3n) is 4.44. The van der Waals surface area contributed by atoms with Gasteiger partial charge in [-0.3, -0.25) is 4.79 Å². The van der Waals surface area contributed by atoms with Gasteiger partial charge in [0.1, 0.15) is 5.76 Å². The van der Waals surface area contributed by atoms with E-state index in [-0.39, 0.29) is 5.91 Å². The van der Waals surface area contributed by atoms with Gasteiger partial charge in [0.2, 0.25) is 0 Å². The van der Waals surface area contributed by atoms with Gasteiger partial charge >= 0.3 is 0 Å². The van der Waals surface area contributed by atoms with Crippen molar-refractivity contribution >= 4 is 5.91 Å². The van der Waals surface area contributed by atoms with Crippen LogP contribution in [-0.2, 0) is 0 Å². The number of hydrogen-bond donors (Lipinski definition) is 0. The summed E-state index contributed by atoms with van der Waals surface area (Å²) in [5.41, 5.74) is 1.72. The van der Waals surface area contributed by atoms with Gasteiger partial charge in [-0.1, -0.05) is 31.9 Å². The van der Waals surface area contributed by atoms with Gasteiger partial charge in [0.25, 0.3) is 5.91 Å². The zero-order valence-corrected chi connectivity index (χ0v) is 13.1. The molecule has 2 heterocycles. The Morgan fingerprint density at radius 1 is 1.32 bits per heavy atom. The van der Waals surface area contributed by atoms with E-state index in [4.69, 9.17) is 4.42 Å². The van der Waals surface area contributed by atoms with Crippen molar-refractivity contribution in [2.45, 2.75) is 45.1 Å². The maximum Gasteiger partial charge on any atom is 0.254 e. The topological polar surface area (TPSA) is 33.5 Å². The number of nitrogens with zero attached hydrogens (tertiary/aromatic N) is 1. The molecule has 1 aromatic heterocycles. The predicted octanol–water partition coefficient (Wildman–Crippen LogP) is 4.74.